The van der Waals surface area contributed by atoms with Crippen molar-refractivity contribution in [2.24, 2.45) is 0 Å². The maximum atomic E-state index is 11.9. The smallest absolute Gasteiger partial charge is 0.264 e. The molecule has 2 heterocycles. The lowest BCUT2D eigenvalue weighted by Crippen LogP contribution is -2.19. The number of nitrogens with zero attached hydrogens (tertiary/aromatic N) is 3. The summed E-state index contributed by atoms with van der Waals surface area (Å²) >= 11 is 3.33. The van der Waals surface area contributed by atoms with Crippen molar-refractivity contribution in [1.29, 1.82) is 0 Å². The van der Waals surface area contributed by atoms with Crippen molar-refractivity contribution in [1.82, 2.24) is 14.8 Å². The van der Waals surface area contributed by atoms with Crippen LogP contribution in [0.3, 0.4) is 0 Å². The van der Waals surface area contributed by atoms with E-state index in [4.69, 9.17) is 0 Å². The molecule has 0 aliphatic rings. The molecule has 20 heavy (non-hydrogen) atoms. The molecule has 0 fully saturated rings. The molecule has 4 nitrogen and oxygen atoms in total. The lowest BCUT2D eigenvalue weighted by molar-refractivity contribution is 0.724. The van der Waals surface area contributed by atoms with Crippen molar-refractivity contribution in [2.45, 2.75) is 13.5 Å². The Labute approximate surface area is 124 Å². The van der Waals surface area contributed by atoms with Crippen LogP contribution in [0, 0.1) is 0 Å². The fourth-order valence-corrected chi connectivity index (χ4v) is 2.69. The van der Waals surface area contributed by atoms with E-state index in [0.717, 1.165) is 22.0 Å². The highest BCUT2D eigenvalue weighted by Gasteiger charge is 2.09. The van der Waals surface area contributed by atoms with Gasteiger partial charge in [0.25, 0.3) is 5.56 Å². The molecule has 3 rings (SSSR count). The summed E-state index contributed by atoms with van der Waals surface area (Å²) in [6.07, 6.45) is 3.59. The van der Waals surface area contributed by atoms with Crippen molar-refractivity contribution in [3.63, 3.8) is 0 Å². The zero-order valence-corrected chi connectivity index (χ0v) is 12.5. The molecule has 0 atom stereocenters. The third kappa shape index (κ3) is 2.14. The van der Waals surface area contributed by atoms with E-state index in [0.29, 0.717) is 11.0 Å². The van der Waals surface area contributed by atoms with Gasteiger partial charge in [0, 0.05) is 29.3 Å². The summed E-state index contributed by atoms with van der Waals surface area (Å²) in [5.41, 5.74) is 2.74. The third-order valence-electron chi connectivity index (χ3n) is 3.24. The van der Waals surface area contributed by atoms with Gasteiger partial charge in [0.1, 0.15) is 0 Å². The molecule has 5 heteroatoms. The van der Waals surface area contributed by atoms with Gasteiger partial charge in [-0.25, -0.2) is 0 Å². The van der Waals surface area contributed by atoms with E-state index in [1.54, 1.807) is 10.8 Å². The second kappa shape index (κ2) is 5.17. The number of aromatic nitrogens is 3. The normalized spacial score (nSPS) is 10.9. The zero-order chi connectivity index (χ0) is 14.1. The maximum absolute atomic E-state index is 11.9. The van der Waals surface area contributed by atoms with Gasteiger partial charge in [-0.1, -0.05) is 18.2 Å². The number of fused-ring (bicyclic) bond motifs is 1. The van der Waals surface area contributed by atoms with Crippen LogP contribution in [-0.2, 0) is 6.54 Å². The lowest BCUT2D eigenvalue weighted by Gasteiger charge is -2.09. The molecule has 0 saturated carbocycles. The molecule has 100 valence electrons. The molecular weight excluding hydrogens is 318 g/mol. The maximum Gasteiger partial charge on any atom is 0.264 e. The number of hydrogen-bond donors (Lipinski definition) is 0. The van der Waals surface area contributed by atoms with E-state index in [9.17, 15) is 4.79 Å². The molecule has 0 spiro atoms. The number of rotatable bonds is 2. The zero-order valence-electron chi connectivity index (χ0n) is 10.9. The van der Waals surface area contributed by atoms with Crippen LogP contribution in [0.2, 0.25) is 0 Å². The summed E-state index contributed by atoms with van der Waals surface area (Å²) in [7, 11) is 0. The van der Waals surface area contributed by atoms with Crippen LogP contribution >= 0.6 is 15.9 Å². The highest BCUT2D eigenvalue weighted by Crippen LogP contribution is 2.27. The fraction of sp³-hybridized carbons (Fsp3) is 0.133. The molecule has 3 aromatic rings. The van der Waals surface area contributed by atoms with Crippen molar-refractivity contribution < 1.29 is 0 Å². The van der Waals surface area contributed by atoms with Crippen LogP contribution in [0.5, 0.6) is 0 Å². The fourth-order valence-electron chi connectivity index (χ4n) is 2.22. The van der Waals surface area contributed by atoms with Crippen molar-refractivity contribution >= 4 is 26.8 Å². The summed E-state index contributed by atoms with van der Waals surface area (Å²) in [4.78, 5) is 11.9. The number of halogens is 1. The Morgan fingerprint density at radius 1 is 1.30 bits per heavy atom. The number of hydrogen-bond acceptors (Lipinski definition) is 3. The minimum Gasteiger partial charge on any atom is -0.314 e. The summed E-state index contributed by atoms with van der Waals surface area (Å²) in [5, 5.41) is 9.19. The summed E-state index contributed by atoms with van der Waals surface area (Å²) < 4.78 is 2.23. The summed E-state index contributed by atoms with van der Waals surface area (Å²) in [6.45, 7) is 2.57. The molecular formula is C15H12BrN3O. The Morgan fingerprint density at radius 3 is 2.90 bits per heavy atom. The van der Waals surface area contributed by atoms with Gasteiger partial charge >= 0.3 is 0 Å². The first-order valence-electron chi connectivity index (χ1n) is 6.31. The Morgan fingerprint density at radius 2 is 2.10 bits per heavy atom. The minimum absolute atomic E-state index is 0.0254. The van der Waals surface area contributed by atoms with Gasteiger partial charge in [-0.3, -0.25) is 4.79 Å². The third-order valence-corrected chi connectivity index (χ3v) is 3.81. The van der Waals surface area contributed by atoms with Crippen LogP contribution in [0.4, 0.5) is 0 Å². The predicted molar refractivity (Wildman–Crippen MR) is 82.6 cm³/mol. The Balaban J connectivity index is 2.31. The van der Waals surface area contributed by atoms with E-state index in [1.165, 1.54) is 0 Å². The first-order valence-corrected chi connectivity index (χ1v) is 7.11. The first-order chi connectivity index (χ1) is 9.70. The topological polar surface area (TPSA) is 47.8 Å². The monoisotopic (exact) mass is 329 g/mol. The Bertz CT molecular complexity index is 837. The van der Waals surface area contributed by atoms with Gasteiger partial charge in [0.2, 0.25) is 0 Å². The number of pyridine rings is 1. The SMILES string of the molecule is CCn1cc(-c2cnnc3ccccc23)cc(Br)c1=O. The lowest BCUT2D eigenvalue weighted by atomic mass is 10.0. The van der Waals surface area contributed by atoms with E-state index in [-0.39, 0.29) is 5.56 Å². The molecule has 0 radical (unpaired) electrons. The highest BCUT2D eigenvalue weighted by atomic mass is 79.9. The Kier molecular flexibility index (Phi) is 3.36. The molecule has 1 aromatic carbocycles. The van der Waals surface area contributed by atoms with Crippen molar-refractivity contribution in [3.05, 3.63) is 57.6 Å². The highest BCUT2D eigenvalue weighted by molar-refractivity contribution is 9.10. The van der Waals surface area contributed by atoms with E-state index < -0.39 is 0 Å². The number of benzene rings is 1. The van der Waals surface area contributed by atoms with Crippen molar-refractivity contribution in [2.75, 3.05) is 0 Å². The minimum atomic E-state index is -0.0254. The molecule has 0 amide bonds. The summed E-state index contributed by atoms with van der Waals surface area (Å²) in [5.74, 6) is 0. The van der Waals surface area contributed by atoms with E-state index >= 15 is 0 Å². The second-order valence-corrected chi connectivity index (χ2v) is 5.30. The molecule has 0 unspecified atom stereocenters. The molecule has 0 bridgehead atoms. The standard InChI is InChI=1S/C15H12BrN3O/c1-2-19-9-10(7-13(16)15(19)20)12-8-17-18-14-6-4-3-5-11(12)14/h3-9H,2H2,1H3. The summed E-state index contributed by atoms with van der Waals surface area (Å²) in [6, 6.07) is 9.67. The van der Waals surface area contributed by atoms with Crippen molar-refractivity contribution in [3.8, 4) is 11.1 Å². The first kappa shape index (κ1) is 13.0. The molecule has 0 aliphatic carbocycles. The molecule has 0 N–H and O–H groups in total. The van der Waals surface area contributed by atoms with Crippen LogP contribution in [0.25, 0.3) is 22.0 Å². The van der Waals surface area contributed by atoms with E-state index in [2.05, 4.69) is 26.1 Å². The molecule has 0 aliphatic heterocycles. The Hall–Kier alpha value is -2.01. The predicted octanol–water partition coefficient (Wildman–Crippen LogP) is 3.24. The van der Waals surface area contributed by atoms with Crippen LogP contribution in [-0.4, -0.2) is 14.8 Å². The van der Waals surface area contributed by atoms with Gasteiger partial charge in [-0.05, 0) is 35.0 Å². The van der Waals surface area contributed by atoms with Gasteiger partial charge in [0.05, 0.1) is 16.2 Å². The average molecular weight is 330 g/mol. The number of aryl methyl sites for hydroxylation is 1. The van der Waals surface area contributed by atoms with Gasteiger partial charge in [-0.2, -0.15) is 10.2 Å². The van der Waals surface area contributed by atoms with Gasteiger partial charge in [-0.15, -0.1) is 0 Å². The van der Waals surface area contributed by atoms with Crippen LogP contribution in [0.1, 0.15) is 6.92 Å². The average Bonchev–Trinajstić information content (AvgIpc) is 2.49. The van der Waals surface area contributed by atoms with Crippen LogP contribution in [0.15, 0.2) is 52.0 Å². The van der Waals surface area contributed by atoms with E-state index in [1.807, 2.05) is 43.5 Å². The largest absolute Gasteiger partial charge is 0.314 e. The van der Waals surface area contributed by atoms with Gasteiger partial charge < -0.3 is 4.57 Å². The molecule has 2 aromatic heterocycles. The quantitative estimate of drug-likeness (QED) is 0.725. The second-order valence-electron chi connectivity index (χ2n) is 4.44. The molecule has 0 saturated heterocycles. The van der Waals surface area contributed by atoms with Gasteiger partial charge in [0.15, 0.2) is 0 Å². The van der Waals surface area contributed by atoms with Crippen LogP contribution < -0.4 is 5.56 Å².